The lowest BCUT2D eigenvalue weighted by Crippen LogP contribution is -2.18. The zero-order valence-corrected chi connectivity index (χ0v) is 12.6. The second kappa shape index (κ2) is 5.07. The summed E-state index contributed by atoms with van der Waals surface area (Å²) in [7, 11) is 1.63. The molecule has 2 aromatic rings. The van der Waals surface area contributed by atoms with Crippen molar-refractivity contribution < 1.29 is 4.74 Å². The van der Waals surface area contributed by atoms with Crippen molar-refractivity contribution in [3.63, 3.8) is 0 Å². The summed E-state index contributed by atoms with van der Waals surface area (Å²) < 4.78 is 5.40. The minimum Gasteiger partial charge on any atom is -0.496 e. The summed E-state index contributed by atoms with van der Waals surface area (Å²) in [4.78, 5) is 13.0. The largest absolute Gasteiger partial charge is 0.496 e. The number of hydrogen-bond acceptors (Lipinski definition) is 5. The first kappa shape index (κ1) is 14.2. The van der Waals surface area contributed by atoms with Crippen molar-refractivity contribution in [1.82, 2.24) is 15.0 Å². The van der Waals surface area contributed by atoms with E-state index in [0.29, 0.717) is 11.6 Å². The maximum Gasteiger partial charge on any atom is 0.223 e. The van der Waals surface area contributed by atoms with E-state index in [0.717, 1.165) is 16.9 Å². The number of nitrogen functional groups attached to an aromatic ring is 1. The Morgan fingerprint density at radius 2 is 1.80 bits per heavy atom. The van der Waals surface area contributed by atoms with Gasteiger partial charge in [0.05, 0.1) is 12.7 Å². The molecule has 0 atom stereocenters. The number of benzene rings is 1. The Balaban J connectivity index is 2.61. The summed E-state index contributed by atoms with van der Waals surface area (Å²) in [5, 5.41) is 0. The van der Waals surface area contributed by atoms with Gasteiger partial charge in [0.15, 0.2) is 5.82 Å². The van der Waals surface area contributed by atoms with Crippen LogP contribution in [0.2, 0.25) is 0 Å². The zero-order chi connectivity index (χ0) is 14.9. The van der Waals surface area contributed by atoms with Crippen LogP contribution in [0, 0.1) is 6.92 Å². The van der Waals surface area contributed by atoms with E-state index in [2.05, 4.69) is 15.0 Å². The fourth-order valence-electron chi connectivity index (χ4n) is 1.83. The number of ether oxygens (including phenoxy) is 1. The molecule has 0 radical (unpaired) electrons. The van der Waals surface area contributed by atoms with Crippen LogP contribution < -0.4 is 10.5 Å². The van der Waals surface area contributed by atoms with Gasteiger partial charge in [-0.3, -0.25) is 0 Å². The lowest BCUT2D eigenvalue weighted by Gasteiger charge is -2.17. The zero-order valence-electron chi connectivity index (χ0n) is 12.6. The van der Waals surface area contributed by atoms with Crippen molar-refractivity contribution in [3.8, 4) is 17.1 Å². The molecule has 0 aliphatic heterocycles. The Kier molecular flexibility index (Phi) is 3.61. The van der Waals surface area contributed by atoms with Crippen LogP contribution in [0.1, 0.15) is 32.2 Å². The number of aromatic nitrogens is 3. The van der Waals surface area contributed by atoms with Crippen molar-refractivity contribution in [2.24, 2.45) is 0 Å². The molecule has 0 spiro atoms. The van der Waals surface area contributed by atoms with E-state index in [1.165, 1.54) is 0 Å². The Bertz CT molecular complexity index is 632. The molecule has 2 rings (SSSR count). The molecule has 1 heterocycles. The molecule has 0 aliphatic rings. The van der Waals surface area contributed by atoms with Crippen molar-refractivity contribution in [2.45, 2.75) is 33.1 Å². The second-order valence-corrected chi connectivity index (χ2v) is 5.79. The van der Waals surface area contributed by atoms with Crippen LogP contribution in [0.5, 0.6) is 5.75 Å². The Labute approximate surface area is 119 Å². The van der Waals surface area contributed by atoms with Gasteiger partial charge in [0.1, 0.15) is 11.6 Å². The van der Waals surface area contributed by atoms with Gasteiger partial charge in [0.25, 0.3) is 0 Å². The first-order valence-electron chi connectivity index (χ1n) is 6.48. The van der Waals surface area contributed by atoms with Crippen LogP contribution >= 0.6 is 0 Å². The SMILES string of the molecule is COc1cc(C)ccc1-c1nc(N)nc(C(C)(C)C)n1. The van der Waals surface area contributed by atoms with Gasteiger partial charge < -0.3 is 10.5 Å². The molecular weight excluding hydrogens is 252 g/mol. The molecule has 0 saturated heterocycles. The molecule has 5 heteroatoms. The summed E-state index contributed by atoms with van der Waals surface area (Å²) in [6, 6.07) is 5.88. The molecule has 20 heavy (non-hydrogen) atoms. The first-order valence-corrected chi connectivity index (χ1v) is 6.48. The van der Waals surface area contributed by atoms with Crippen LogP contribution in [-0.4, -0.2) is 22.1 Å². The summed E-state index contributed by atoms with van der Waals surface area (Å²) in [6.45, 7) is 8.13. The number of hydrogen-bond donors (Lipinski definition) is 1. The number of methoxy groups -OCH3 is 1. The summed E-state index contributed by atoms with van der Waals surface area (Å²) in [6.07, 6.45) is 0. The van der Waals surface area contributed by atoms with Crippen LogP contribution in [0.15, 0.2) is 18.2 Å². The van der Waals surface area contributed by atoms with Gasteiger partial charge in [-0.1, -0.05) is 26.8 Å². The molecule has 1 aromatic carbocycles. The molecule has 0 saturated carbocycles. The molecule has 0 fully saturated rings. The quantitative estimate of drug-likeness (QED) is 0.909. The van der Waals surface area contributed by atoms with Crippen LogP contribution in [0.3, 0.4) is 0 Å². The Morgan fingerprint density at radius 1 is 1.10 bits per heavy atom. The highest BCUT2D eigenvalue weighted by molar-refractivity contribution is 5.65. The number of nitrogens with two attached hydrogens (primary N) is 1. The molecule has 0 unspecified atom stereocenters. The average molecular weight is 272 g/mol. The lowest BCUT2D eigenvalue weighted by molar-refractivity contribution is 0.415. The number of nitrogens with zero attached hydrogens (tertiary/aromatic N) is 3. The van der Waals surface area contributed by atoms with E-state index in [9.17, 15) is 0 Å². The van der Waals surface area contributed by atoms with Crippen molar-refractivity contribution in [3.05, 3.63) is 29.6 Å². The number of rotatable bonds is 2. The molecule has 2 N–H and O–H groups in total. The second-order valence-electron chi connectivity index (χ2n) is 5.79. The third kappa shape index (κ3) is 2.87. The van der Waals surface area contributed by atoms with Gasteiger partial charge in [-0.05, 0) is 24.6 Å². The highest BCUT2D eigenvalue weighted by Gasteiger charge is 2.20. The Morgan fingerprint density at radius 3 is 2.40 bits per heavy atom. The third-order valence-electron chi connectivity index (χ3n) is 2.92. The van der Waals surface area contributed by atoms with E-state index in [4.69, 9.17) is 10.5 Å². The van der Waals surface area contributed by atoms with E-state index in [1.54, 1.807) is 7.11 Å². The topological polar surface area (TPSA) is 73.9 Å². The first-order chi connectivity index (χ1) is 9.31. The summed E-state index contributed by atoms with van der Waals surface area (Å²) in [5.74, 6) is 2.17. The van der Waals surface area contributed by atoms with Crippen LogP contribution in [0.4, 0.5) is 5.95 Å². The van der Waals surface area contributed by atoms with Gasteiger partial charge in [0, 0.05) is 5.41 Å². The van der Waals surface area contributed by atoms with Crippen LogP contribution in [-0.2, 0) is 5.41 Å². The molecule has 1 aromatic heterocycles. The molecular formula is C15H20N4O. The standard InChI is InChI=1S/C15H20N4O/c1-9-6-7-10(11(8-9)20-5)12-17-13(15(2,3)4)19-14(16)18-12/h6-8H,1-5H3,(H2,16,17,18,19). The van der Waals surface area contributed by atoms with E-state index < -0.39 is 0 Å². The van der Waals surface area contributed by atoms with Gasteiger partial charge >= 0.3 is 0 Å². The molecule has 5 nitrogen and oxygen atoms in total. The lowest BCUT2D eigenvalue weighted by atomic mass is 9.96. The normalized spacial score (nSPS) is 11.4. The van der Waals surface area contributed by atoms with Gasteiger partial charge in [-0.2, -0.15) is 9.97 Å². The van der Waals surface area contributed by atoms with Crippen molar-refractivity contribution >= 4 is 5.95 Å². The number of aryl methyl sites for hydroxylation is 1. The predicted octanol–water partition coefficient (Wildman–Crippen LogP) is 2.74. The Hall–Kier alpha value is -2.17. The van der Waals surface area contributed by atoms with Crippen molar-refractivity contribution in [1.29, 1.82) is 0 Å². The van der Waals surface area contributed by atoms with Crippen molar-refractivity contribution in [2.75, 3.05) is 12.8 Å². The highest BCUT2D eigenvalue weighted by Crippen LogP contribution is 2.30. The smallest absolute Gasteiger partial charge is 0.223 e. The third-order valence-corrected chi connectivity index (χ3v) is 2.92. The van der Waals surface area contributed by atoms with Gasteiger partial charge in [0.2, 0.25) is 5.95 Å². The molecule has 0 amide bonds. The van der Waals surface area contributed by atoms with E-state index >= 15 is 0 Å². The maximum absolute atomic E-state index is 5.81. The monoisotopic (exact) mass is 272 g/mol. The molecule has 0 bridgehead atoms. The average Bonchev–Trinajstić information content (AvgIpc) is 2.36. The predicted molar refractivity (Wildman–Crippen MR) is 79.7 cm³/mol. The fraction of sp³-hybridized carbons (Fsp3) is 0.400. The summed E-state index contributed by atoms with van der Waals surface area (Å²) >= 11 is 0. The van der Waals surface area contributed by atoms with Gasteiger partial charge in [-0.25, -0.2) is 4.98 Å². The van der Waals surface area contributed by atoms with E-state index in [1.807, 2.05) is 45.9 Å². The van der Waals surface area contributed by atoms with E-state index in [-0.39, 0.29) is 11.4 Å². The molecule has 106 valence electrons. The maximum atomic E-state index is 5.81. The molecule has 0 aliphatic carbocycles. The van der Waals surface area contributed by atoms with Crippen LogP contribution in [0.25, 0.3) is 11.4 Å². The highest BCUT2D eigenvalue weighted by atomic mass is 16.5. The fourth-order valence-corrected chi connectivity index (χ4v) is 1.83. The summed E-state index contributed by atoms with van der Waals surface area (Å²) in [5.41, 5.74) is 7.55. The minimum atomic E-state index is -0.191. The minimum absolute atomic E-state index is 0.191. The van der Waals surface area contributed by atoms with Gasteiger partial charge in [-0.15, -0.1) is 0 Å². The number of anilines is 1.